The van der Waals surface area contributed by atoms with Gasteiger partial charge in [0.25, 0.3) is 0 Å². The van der Waals surface area contributed by atoms with Gasteiger partial charge in [0, 0.05) is 31.4 Å². The van der Waals surface area contributed by atoms with Crippen molar-refractivity contribution in [3.63, 3.8) is 0 Å². The van der Waals surface area contributed by atoms with Crippen LogP contribution in [0.25, 0.3) is 0 Å². The minimum atomic E-state index is 0.124. The molecule has 1 aromatic carbocycles. The molecule has 0 unspecified atom stereocenters. The summed E-state index contributed by atoms with van der Waals surface area (Å²) >= 11 is 0. The molecule has 1 aromatic rings. The topological polar surface area (TPSA) is 24.5 Å². The zero-order valence-corrected chi connectivity index (χ0v) is 11.6. The predicted octanol–water partition coefficient (Wildman–Crippen LogP) is 2.52. The van der Waals surface area contributed by atoms with Crippen LogP contribution >= 0.6 is 0 Å². The largest absolute Gasteiger partial charge is 0.493 e. The molecule has 0 saturated heterocycles. The molecule has 0 saturated carbocycles. The number of nitrogens with zero attached hydrogens (tertiary/aromatic N) is 1. The number of ether oxygens (including phenoxy) is 1. The van der Waals surface area contributed by atoms with E-state index in [-0.39, 0.29) is 5.54 Å². The zero-order valence-electron chi connectivity index (χ0n) is 11.6. The van der Waals surface area contributed by atoms with E-state index in [9.17, 15) is 0 Å². The van der Waals surface area contributed by atoms with Crippen molar-refractivity contribution < 1.29 is 4.74 Å². The summed E-state index contributed by atoms with van der Waals surface area (Å²) in [5.74, 6) is 0.933. The summed E-state index contributed by atoms with van der Waals surface area (Å²) < 4.78 is 5.77. The molecule has 0 spiro atoms. The number of benzene rings is 1. The summed E-state index contributed by atoms with van der Waals surface area (Å²) in [6.45, 7) is 5.07. The van der Waals surface area contributed by atoms with Gasteiger partial charge in [-0.05, 0) is 39.4 Å². The van der Waals surface area contributed by atoms with Crippen LogP contribution in [0.1, 0.15) is 20.3 Å². The highest BCUT2D eigenvalue weighted by Crippen LogP contribution is 2.20. The van der Waals surface area contributed by atoms with Gasteiger partial charge in [-0.25, -0.2) is 0 Å². The molecule has 17 heavy (non-hydrogen) atoms. The molecule has 0 bridgehead atoms. The lowest BCUT2D eigenvalue weighted by Crippen LogP contribution is -2.37. The van der Waals surface area contributed by atoms with Gasteiger partial charge in [-0.1, -0.05) is 6.07 Å². The van der Waals surface area contributed by atoms with Crippen molar-refractivity contribution in [1.82, 2.24) is 5.32 Å². The van der Waals surface area contributed by atoms with E-state index in [1.807, 2.05) is 33.3 Å². The Morgan fingerprint density at radius 3 is 2.59 bits per heavy atom. The van der Waals surface area contributed by atoms with Gasteiger partial charge in [0.15, 0.2) is 0 Å². The van der Waals surface area contributed by atoms with E-state index >= 15 is 0 Å². The second-order valence-corrected chi connectivity index (χ2v) is 5.12. The number of anilines is 1. The minimum absolute atomic E-state index is 0.124. The Bertz CT molecular complexity index is 348. The Morgan fingerprint density at radius 1 is 1.29 bits per heavy atom. The number of nitrogens with one attached hydrogen (secondary N) is 1. The molecule has 0 fully saturated rings. The molecule has 0 radical (unpaired) electrons. The number of rotatable bonds is 6. The van der Waals surface area contributed by atoms with E-state index in [0.29, 0.717) is 0 Å². The Kier molecular flexibility index (Phi) is 4.82. The average Bonchev–Trinajstić information content (AvgIpc) is 2.29. The smallest absolute Gasteiger partial charge is 0.121 e. The lowest BCUT2D eigenvalue weighted by molar-refractivity contribution is 0.256. The van der Waals surface area contributed by atoms with E-state index in [0.717, 1.165) is 24.5 Å². The number of hydrogen-bond acceptors (Lipinski definition) is 3. The highest BCUT2D eigenvalue weighted by Gasteiger charge is 2.14. The molecular weight excluding hydrogens is 212 g/mol. The van der Waals surface area contributed by atoms with Gasteiger partial charge in [0.2, 0.25) is 0 Å². The lowest BCUT2D eigenvalue weighted by atomic mass is 10.0. The van der Waals surface area contributed by atoms with Gasteiger partial charge in [0.05, 0.1) is 6.61 Å². The van der Waals surface area contributed by atoms with Crippen molar-refractivity contribution in [2.75, 3.05) is 32.6 Å². The fourth-order valence-corrected chi connectivity index (χ4v) is 1.40. The Labute approximate surface area is 105 Å². The first kappa shape index (κ1) is 13.8. The fraction of sp³-hybridized carbons (Fsp3) is 0.571. The predicted molar refractivity (Wildman–Crippen MR) is 74.0 cm³/mol. The molecule has 3 heteroatoms. The molecule has 1 rings (SSSR count). The highest BCUT2D eigenvalue weighted by molar-refractivity contribution is 5.49. The highest BCUT2D eigenvalue weighted by atomic mass is 16.5. The molecule has 96 valence electrons. The Hall–Kier alpha value is -1.22. The SMILES string of the molecule is CNC(C)(C)CCOc1cccc(N(C)C)c1. The van der Waals surface area contributed by atoms with Gasteiger partial charge in [-0.2, -0.15) is 0 Å². The average molecular weight is 236 g/mol. The summed E-state index contributed by atoms with van der Waals surface area (Å²) in [6.07, 6.45) is 0.982. The van der Waals surface area contributed by atoms with Crippen LogP contribution in [0.2, 0.25) is 0 Å². The molecule has 0 aliphatic rings. The molecular formula is C14H24N2O. The summed E-state index contributed by atoms with van der Waals surface area (Å²) in [6, 6.07) is 8.16. The van der Waals surface area contributed by atoms with Crippen LogP contribution in [0.5, 0.6) is 5.75 Å². The summed E-state index contributed by atoms with van der Waals surface area (Å²) in [7, 11) is 6.04. The maximum Gasteiger partial charge on any atom is 0.121 e. The lowest BCUT2D eigenvalue weighted by Gasteiger charge is -2.24. The maximum atomic E-state index is 5.77. The first-order valence-corrected chi connectivity index (χ1v) is 6.04. The third-order valence-electron chi connectivity index (χ3n) is 3.01. The normalized spacial score (nSPS) is 11.4. The van der Waals surface area contributed by atoms with Crippen LogP contribution in [0.3, 0.4) is 0 Å². The van der Waals surface area contributed by atoms with Gasteiger partial charge in [-0.3, -0.25) is 0 Å². The quantitative estimate of drug-likeness (QED) is 0.821. The van der Waals surface area contributed by atoms with E-state index in [1.54, 1.807) is 0 Å². The van der Waals surface area contributed by atoms with E-state index in [1.165, 1.54) is 0 Å². The summed E-state index contributed by atoms with van der Waals surface area (Å²) in [5.41, 5.74) is 1.29. The van der Waals surface area contributed by atoms with Crippen molar-refractivity contribution in [2.45, 2.75) is 25.8 Å². The monoisotopic (exact) mass is 236 g/mol. The van der Waals surface area contributed by atoms with Crippen LogP contribution in [0.15, 0.2) is 24.3 Å². The minimum Gasteiger partial charge on any atom is -0.493 e. The van der Waals surface area contributed by atoms with Gasteiger partial charge in [-0.15, -0.1) is 0 Å². The standard InChI is InChI=1S/C14H24N2O/c1-14(2,15-3)9-10-17-13-8-6-7-12(11-13)16(4)5/h6-8,11,15H,9-10H2,1-5H3. The second kappa shape index (κ2) is 5.92. The molecule has 0 aliphatic carbocycles. The first-order valence-electron chi connectivity index (χ1n) is 6.04. The first-order chi connectivity index (χ1) is 7.94. The van der Waals surface area contributed by atoms with Crippen molar-refractivity contribution >= 4 is 5.69 Å². The molecule has 0 aromatic heterocycles. The summed E-state index contributed by atoms with van der Waals surface area (Å²) in [5, 5.41) is 3.27. The second-order valence-electron chi connectivity index (χ2n) is 5.12. The Morgan fingerprint density at radius 2 is 2.00 bits per heavy atom. The van der Waals surface area contributed by atoms with Crippen molar-refractivity contribution in [2.24, 2.45) is 0 Å². The third-order valence-corrected chi connectivity index (χ3v) is 3.01. The molecule has 0 atom stereocenters. The van der Waals surface area contributed by atoms with Gasteiger partial charge >= 0.3 is 0 Å². The third kappa shape index (κ3) is 4.65. The van der Waals surface area contributed by atoms with E-state index < -0.39 is 0 Å². The summed E-state index contributed by atoms with van der Waals surface area (Å²) in [4.78, 5) is 2.07. The van der Waals surface area contributed by atoms with Crippen molar-refractivity contribution in [3.8, 4) is 5.75 Å². The molecule has 1 N–H and O–H groups in total. The molecule has 3 nitrogen and oxygen atoms in total. The van der Waals surface area contributed by atoms with Crippen LogP contribution in [-0.4, -0.2) is 33.3 Å². The van der Waals surface area contributed by atoms with Crippen LogP contribution in [0.4, 0.5) is 5.69 Å². The van der Waals surface area contributed by atoms with Crippen LogP contribution in [0, 0.1) is 0 Å². The van der Waals surface area contributed by atoms with Crippen LogP contribution in [-0.2, 0) is 0 Å². The molecule has 0 heterocycles. The van der Waals surface area contributed by atoms with Crippen LogP contribution < -0.4 is 15.0 Å². The Balaban J connectivity index is 2.50. The van der Waals surface area contributed by atoms with E-state index in [2.05, 4.69) is 36.2 Å². The van der Waals surface area contributed by atoms with Gasteiger partial charge < -0.3 is 15.0 Å². The van der Waals surface area contributed by atoms with E-state index in [4.69, 9.17) is 4.74 Å². The number of hydrogen-bond donors (Lipinski definition) is 1. The zero-order chi connectivity index (χ0) is 12.9. The molecule has 0 aliphatic heterocycles. The van der Waals surface area contributed by atoms with Crippen molar-refractivity contribution in [3.05, 3.63) is 24.3 Å². The maximum absolute atomic E-state index is 5.77. The van der Waals surface area contributed by atoms with Crippen molar-refractivity contribution in [1.29, 1.82) is 0 Å². The van der Waals surface area contributed by atoms with Gasteiger partial charge in [0.1, 0.15) is 5.75 Å². The molecule has 0 amide bonds. The fourth-order valence-electron chi connectivity index (χ4n) is 1.40.